The first kappa shape index (κ1) is 15.4. The fraction of sp³-hybridized carbons (Fsp3) is 0.333. The normalized spacial score (nSPS) is 12.0. The number of hydrogen-bond donors (Lipinski definition) is 1. The van der Waals surface area contributed by atoms with E-state index in [4.69, 9.17) is 4.74 Å². The van der Waals surface area contributed by atoms with Crippen molar-refractivity contribution in [2.24, 2.45) is 0 Å². The second-order valence-electron chi connectivity index (χ2n) is 5.39. The molecule has 112 valence electrons. The van der Waals surface area contributed by atoms with Crippen LogP contribution in [0.3, 0.4) is 0 Å². The van der Waals surface area contributed by atoms with Crippen molar-refractivity contribution in [1.82, 2.24) is 0 Å². The van der Waals surface area contributed by atoms with Crippen LogP contribution in [0.15, 0.2) is 48.5 Å². The number of aliphatic hydroxyl groups excluding tert-OH is 1. The van der Waals surface area contributed by atoms with Crippen LogP contribution in [0.4, 0.5) is 5.69 Å². The van der Waals surface area contributed by atoms with Gasteiger partial charge in [0.2, 0.25) is 0 Å². The van der Waals surface area contributed by atoms with Crippen molar-refractivity contribution >= 4 is 5.69 Å². The summed E-state index contributed by atoms with van der Waals surface area (Å²) >= 11 is 0. The molecule has 3 heteroatoms. The maximum Gasteiger partial charge on any atom is 0.118 e. The number of nitrogens with zero attached hydrogens (tertiary/aromatic N) is 1. The minimum absolute atomic E-state index is 0.427. The Morgan fingerprint density at radius 2 is 1.62 bits per heavy atom. The van der Waals surface area contributed by atoms with E-state index in [1.165, 1.54) is 5.56 Å². The molecular formula is C18H23NO2. The third-order valence-electron chi connectivity index (χ3n) is 3.66. The van der Waals surface area contributed by atoms with Gasteiger partial charge in [-0.25, -0.2) is 0 Å². The van der Waals surface area contributed by atoms with E-state index in [-0.39, 0.29) is 0 Å². The highest BCUT2D eigenvalue weighted by Gasteiger charge is 2.08. The molecule has 1 N–H and O–H groups in total. The summed E-state index contributed by atoms with van der Waals surface area (Å²) in [5, 5.41) is 10.3. The van der Waals surface area contributed by atoms with Gasteiger partial charge in [0, 0.05) is 19.8 Å². The van der Waals surface area contributed by atoms with Crippen LogP contribution in [0.25, 0.3) is 0 Å². The molecule has 2 aromatic carbocycles. The van der Waals surface area contributed by atoms with E-state index in [9.17, 15) is 5.11 Å². The summed E-state index contributed by atoms with van der Waals surface area (Å²) in [6, 6.07) is 16.0. The van der Waals surface area contributed by atoms with Gasteiger partial charge in [-0.3, -0.25) is 0 Å². The minimum Gasteiger partial charge on any atom is -0.497 e. The molecule has 0 saturated carbocycles. The molecular weight excluding hydrogens is 262 g/mol. The van der Waals surface area contributed by atoms with Crippen LogP contribution in [0, 0.1) is 0 Å². The first-order chi connectivity index (χ1) is 10.1. The molecule has 0 spiro atoms. The Hall–Kier alpha value is -2.00. The standard InChI is InChI=1S/C18H23NO2/c1-19(2)16-9-7-15(8-10-16)18(20)13-6-14-4-11-17(21-3)12-5-14/h4-5,7-12,18,20H,6,13H2,1-3H3. The molecule has 0 saturated heterocycles. The topological polar surface area (TPSA) is 32.7 Å². The van der Waals surface area contributed by atoms with Crippen LogP contribution >= 0.6 is 0 Å². The highest BCUT2D eigenvalue weighted by atomic mass is 16.5. The summed E-state index contributed by atoms with van der Waals surface area (Å²) in [6.45, 7) is 0. The maximum absolute atomic E-state index is 10.3. The van der Waals surface area contributed by atoms with Gasteiger partial charge < -0.3 is 14.7 Å². The molecule has 0 aliphatic rings. The predicted molar refractivity (Wildman–Crippen MR) is 87.0 cm³/mol. The average Bonchev–Trinajstić information content (AvgIpc) is 2.53. The van der Waals surface area contributed by atoms with Crippen molar-refractivity contribution in [3.63, 3.8) is 0 Å². The maximum atomic E-state index is 10.3. The zero-order valence-corrected chi connectivity index (χ0v) is 12.9. The second-order valence-corrected chi connectivity index (χ2v) is 5.39. The Bertz CT molecular complexity index is 546. The monoisotopic (exact) mass is 285 g/mol. The fourth-order valence-corrected chi connectivity index (χ4v) is 2.26. The Morgan fingerprint density at radius 3 is 2.14 bits per heavy atom. The van der Waals surface area contributed by atoms with Gasteiger partial charge in [-0.2, -0.15) is 0 Å². The summed E-state index contributed by atoms with van der Waals surface area (Å²) < 4.78 is 5.14. The second kappa shape index (κ2) is 7.14. The van der Waals surface area contributed by atoms with Crippen LogP contribution in [-0.4, -0.2) is 26.3 Å². The molecule has 0 amide bonds. The van der Waals surface area contributed by atoms with Gasteiger partial charge in [0.1, 0.15) is 5.75 Å². The van der Waals surface area contributed by atoms with Crippen molar-refractivity contribution in [2.45, 2.75) is 18.9 Å². The molecule has 0 bridgehead atoms. The number of benzene rings is 2. The average molecular weight is 285 g/mol. The molecule has 0 aliphatic carbocycles. The first-order valence-electron chi connectivity index (χ1n) is 7.18. The molecule has 0 aromatic heterocycles. The third-order valence-corrected chi connectivity index (χ3v) is 3.66. The number of aliphatic hydroxyl groups is 1. The van der Waals surface area contributed by atoms with Gasteiger partial charge in [-0.1, -0.05) is 24.3 Å². The van der Waals surface area contributed by atoms with E-state index >= 15 is 0 Å². The van der Waals surface area contributed by atoms with Crippen molar-refractivity contribution in [3.05, 3.63) is 59.7 Å². The van der Waals surface area contributed by atoms with E-state index < -0.39 is 6.10 Å². The largest absolute Gasteiger partial charge is 0.497 e. The summed E-state index contributed by atoms with van der Waals surface area (Å²) in [4.78, 5) is 2.05. The van der Waals surface area contributed by atoms with E-state index in [2.05, 4.69) is 0 Å². The molecule has 21 heavy (non-hydrogen) atoms. The first-order valence-corrected chi connectivity index (χ1v) is 7.18. The molecule has 0 heterocycles. The van der Waals surface area contributed by atoms with E-state index in [1.807, 2.05) is 67.5 Å². The van der Waals surface area contributed by atoms with Crippen LogP contribution in [0.1, 0.15) is 23.7 Å². The smallest absolute Gasteiger partial charge is 0.118 e. The molecule has 0 fully saturated rings. The van der Waals surface area contributed by atoms with E-state index in [1.54, 1.807) is 7.11 Å². The molecule has 0 aliphatic heterocycles. The molecule has 1 atom stereocenters. The number of methoxy groups -OCH3 is 1. The lowest BCUT2D eigenvalue weighted by molar-refractivity contribution is 0.168. The fourth-order valence-electron chi connectivity index (χ4n) is 2.26. The van der Waals surface area contributed by atoms with E-state index in [0.29, 0.717) is 6.42 Å². The lowest BCUT2D eigenvalue weighted by atomic mass is 10.0. The number of ether oxygens (including phenoxy) is 1. The third kappa shape index (κ3) is 4.23. The van der Waals surface area contributed by atoms with Crippen molar-refractivity contribution < 1.29 is 9.84 Å². The lowest BCUT2D eigenvalue weighted by Gasteiger charge is -2.15. The van der Waals surface area contributed by atoms with Gasteiger partial charge in [0.15, 0.2) is 0 Å². The van der Waals surface area contributed by atoms with Crippen molar-refractivity contribution in [1.29, 1.82) is 0 Å². The molecule has 3 nitrogen and oxygen atoms in total. The Kier molecular flexibility index (Phi) is 5.23. The van der Waals surface area contributed by atoms with Gasteiger partial charge in [0.05, 0.1) is 13.2 Å². The highest BCUT2D eigenvalue weighted by Crippen LogP contribution is 2.22. The van der Waals surface area contributed by atoms with Gasteiger partial charge >= 0.3 is 0 Å². The number of hydrogen-bond acceptors (Lipinski definition) is 3. The van der Waals surface area contributed by atoms with Crippen LogP contribution in [0.5, 0.6) is 5.75 Å². The van der Waals surface area contributed by atoms with Crippen LogP contribution in [-0.2, 0) is 6.42 Å². The quantitative estimate of drug-likeness (QED) is 0.882. The van der Waals surface area contributed by atoms with Gasteiger partial charge in [-0.05, 0) is 48.2 Å². The predicted octanol–water partition coefficient (Wildman–Crippen LogP) is 3.43. The highest BCUT2D eigenvalue weighted by molar-refractivity contribution is 5.46. The summed E-state index contributed by atoms with van der Waals surface area (Å²) in [5.74, 6) is 0.860. The zero-order chi connectivity index (χ0) is 15.2. The Labute approximate surface area is 126 Å². The molecule has 2 rings (SSSR count). The summed E-state index contributed by atoms with van der Waals surface area (Å²) in [7, 11) is 5.68. The summed E-state index contributed by atoms with van der Waals surface area (Å²) in [5.41, 5.74) is 3.31. The summed E-state index contributed by atoms with van der Waals surface area (Å²) in [6.07, 6.45) is 1.14. The molecule has 1 unspecified atom stereocenters. The molecule has 0 radical (unpaired) electrons. The van der Waals surface area contributed by atoms with Gasteiger partial charge in [-0.15, -0.1) is 0 Å². The van der Waals surface area contributed by atoms with Gasteiger partial charge in [0.25, 0.3) is 0 Å². The number of anilines is 1. The number of aryl methyl sites for hydroxylation is 1. The lowest BCUT2D eigenvalue weighted by Crippen LogP contribution is -2.08. The van der Waals surface area contributed by atoms with Crippen molar-refractivity contribution in [3.8, 4) is 5.75 Å². The SMILES string of the molecule is COc1ccc(CCC(O)c2ccc(N(C)C)cc2)cc1. The van der Waals surface area contributed by atoms with Crippen LogP contribution in [0.2, 0.25) is 0 Å². The zero-order valence-electron chi connectivity index (χ0n) is 12.9. The van der Waals surface area contributed by atoms with Crippen LogP contribution < -0.4 is 9.64 Å². The Balaban J connectivity index is 1.92. The van der Waals surface area contributed by atoms with E-state index in [0.717, 1.165) is 23.4 Å². The van der Waals surface area contributed by atoms with Crippen molar-refractivity contribution in [2.75, 3.05) is 26.1 Å². The minimum atomic E-state index is -0.427. The number of rotatable bonds is 6. The Morgan fingerprint density at radius 1 is 1.00 bits per heavy atom. The molecule has 2 aromatic rings.